The first-order chi connectivity index (χ1) is 11.2. The molecule has 0 aromatic carbocycles. The van der Waals surface area contributed by atoms with Crippen LogP contribution in [0.1, 0.15) is 39.9 Å². The molecule has 0 N–H and O–H groups in total. The molecule has 0 aliphatic carbocycles. The first kappa shape index (κ1) is 16.1. The molecule has 1 aliphatic rings. The van der Waals surface area contributed by atoms with Crippen LogP contribution in [0.15, 0.2) is 17.8 Å². The minimum Gasteiger partial charge on any atom is -0.381 e. The molecule has 0 spiro atoms. The Labute approximate surface area is 140 Å². The Morgan fingerprint density at radius 1 is 1.48 bits per heavy atom. The smallest absolute Gasteiger partial charge is 0.257 e. The Hall–Kier alpha value is -1.73. The maximum atomic E-state index is 12.7. The Balaban J connectivity index is 1.65. The fourth-order valence-electron chi connectivity index (χ4n) is 2.88. The fourth-order valence-corrected chi connectivity index (χ4v) is 3.49. The number of nitrogens with zero attached hydrogens (tertiary/aromatic N) is 4. The highest BCUT2D eigenvalue weighted by molar-refractivity contribution is 7.09. The zero-order valence-electron chi connectivity index (χ0n) is 13.6. The van der Waals surface area contributed by atoms with E-state index < -0.39 is 0 Å². The molecule has 1 saturated heterocycles. The van der Waals surface area contributed by atoms with Crippen molar-refractivity contribution in [3.63, 3.8) is 0 Å². The standard InChI is InChI=1S/C16H22N4O2S/c1-12-14(11-18-20(12)13-4-8-22-9-5-13)16(21)19(2)7-3-15-17-6-10-23-15/h6,10-11,13H,3-5,7-9H2,1-2H3. The second kappa shape index (κ2) is 7.23. The topological polar surface area (TPSA) is 60.2 Å². The van der Waals surface area contributed by atoms with Crippen molar-refractivity contribution in [2.75, 3.05) is 26.8 Å². The summed E-state index contributed by atoms with van der Waals surface area (Å²) in [6, 6.07) is 0.339. The van der Waals surface area contributed by atoms with E-state index in [0.717, 1.165) is 43.2 Å². The fraction of sp³-hybridized carbons (Fsp3) is 0.562. The molecule has 3 heterocycles. The highest BCUT2D eigenvalue weighted by Crippen LogP contribution is 2.23. The van der Waals surface area contributed by atoms with Crippen molar-refractivity contribution < 1.29 is 9.53 Å². The third kappa shape index (κ3) is 3.61. The number of hydrogen-bond acceptors (Lipinski definition) is 5. The number of carbonyl (C=O) groups is 1. The Morgan fingerprint density at radius 3 is 2.96 bits per heavy atom. The van der Waals surface area contributed by atoms with Gasteiger partial charge in [-0.05, 0) is 19.8 Å². The van der Waals surface area contributed by atoms with Gasteiger partial charge in [-0.2, -0.15) is 5.10 Å². The van der Waals surface area contributed by atoms with Crippen LogP contribution in [0.2, 0.25) is 0 Å². The summed E-state index contributed by atoms with van der Waals surface area (Å²) in [4.78, 5) is 18.7. The van der Waals surface area contributed by atoms with Gasteiger partial charge in [0.2, 0.25) is 0 Å². The average Bonchev–Trinajstić information content (AvgIpc) is 3.22. The molecule has 6 nitrogen and oxygen atoms in total. The molecular formula is C16H22N4O2S. The van der Waals surface area contributed by atoms with Gasteiger partial charge in [0.15, 0.2) is 0 Å². The van der Waals surface area contributed by atoms with E-state index in [2.05, 4.69) is 10.1 Å². The van der Waals surface area contributed by atoms with Crippen LogP contribution < -0.4 is 0 Å². The predicted molar refractivity (Wildman–Crippen MR) is 88.8 cm³/mol. The summed E-state index contributed by atoms with van der Waals surface area (Å²) < 4.78 is 7.39. The van der Waals surface area contributed by atoms with Crippen molar-refractivity contribution in [1.82, 2.24) is 19.7 Å². The first-order valence-electron chi connectivity index (χ1n) is 7.92. The lowest BCUT2D eigenvalue weighted by molar-refractivity contribution is 0.0655. The maximum absolute atomic E-state index is 12.7. The second-order valence-corrected chi connectivity index (χ2v) is 6.81. The van der Waals surface area contributed by atoms with Crippen LogP contribution in [0.25, 0.3) is 0 Å². The van der Waals surface area contributed by atoms with E-state index in [1.54, 1.807) is 28.6 Å². The van der Waals surface area contributed by atoms with Gasteiger partial charge in [0, 0.05) is 50.5 Å². The molecule has 2 aromatic rings. The van der Waals surface area contributed by atoms with E-state index in [9.17, 15) is 4.79 Å². The van der Waals surface area contributed by atoms with E-state index >= 15 is 0 Å². The van der Waals surface area contributed by atoms with E-state index in [1.807, 2.05) is 24.0 Å². The number of ether oxygens (including phenoxy) is 1. The van der Waals surface area contributed by atoms with Crippen LogP contribution in [0.3, 0.4) is 0 Å². The van der Waals surface area contributed by atoms with Crippen LogP contribution in [0.5, 0.6) is 0 Å². The molecule has 124 valence electrons. The van der Waals surface area contributed by atoms with Crippen LogP contribution in [0.4, 0.5) is 0 Å². The zero-order valence-corrected chi connectivity index (χ0v) is 14.4. The molecule has 3 rings (SSSR count). The molecule has 0 unspecified atom stereocenters. The van der Waals surface area contributed by atoms with Gasteiger partial charge in [-0.3, -0.25) is 9.48 Å². The molecule has 0 saturated carbocycles. The highest BCUT2D eigenvalue weighted by Gasteiger charge is 2.23. The number of carbonyl (C=O) groups excluding carboxylic acids is 1. The van der Waals surface area contributed by atoms with E-state index in [0.29, 0.717) is 18.2 Å². The van der Waals surface area contributed by atoms with Crippen LogP contribution >= 0.6 is 11.3 Å². The first-order valence-corrected chi connectivity index (χ1v) is 8.80. The number of rotatable bonds is 5. The Bertz CT molecular complexity index is 647. The van der Waals surface area contributed by atoms with Crippen molar-refractivity contribution >= 4 is 17.2 Å². The number of aromatic nitrogens is 3. The highest BCUT2D eigenvalue weighted by atomic mass is 32.1. The number of amides is 1. The molecular weight excluding hydrogens is 312 g/mol. The largest absolute Gasteiger partial charge is 0.381 e. The predicted octanol–water partition coefficient (Wildman–Crippen LogP) is 2.31. The Morgan fingerprint density at radius 2 is 2.26 bits per heavy atom. The van der Waals surface area contributed by atoms with E-state index in [-0.39, 0.29) is 5.91 Å². The number of hydrogen-bond donors (Lipinski definition) is 0. The number of thiazole rings is 1. The van der Waals surface area contributed by atoms with Crippen LogP contribution in [0, 0.1) is 6.92 Å². The van der Waals surface area contributed by atoms with Gasteiger partial charge in [-0.1, -0.05) is 0 Å². The minimum absolute atomic E-state index is 0.0253. The normalized spacial score (nSPS) is 15.7. The molecule has 2 aromatic heterocycles. The molecule has 7 heteroatoms. The van der Waals surface area contributed by atoms with Crippen molar-refractivity contribution in [2.45, 2.75) is 32.2 Å². The van der Waals surface area contributed by atoms with Gasteiger partial charge in [0.05, 0.1) is 22.8 Å². The molecule has 1 aliphatic heterocycles. The summed E-state index contributed by atoms with van der Waals surface area (Å²) in [6.07, 6.45) is 6.19. The molecule has 0 bridgehead atoms. The average molecular weight is 334 g/mol. The van der Waals surface area contributed by atoms with Crippen LogP contribution in [-0.4, -0.2) is 52.4 Å². The summed E-state index contributed by atoms with van der Waals surface area (Å²) in [7, 11) is 1.83. The zero-order chi connectivity index (χ0) is 16.2. The van der Waals surface area contributed by atoms with Gasteiger partial charge >= 0.3 is 0 Å². The van der Waals surface area contributed by atoms with Gasteiger partial charge < -0.3 is 9.64 Å². The summed E-state index contributed by atoms with van der Waals surface area (Å²) in [5, 5.41) is 7.47. The van der Waals surface area contributed by atoms with Gasteiger partial charge in [-0.15, -0.1) is 11.3 Å². The van der Waals surface area contributed by atoms with Crippen molar-refractivity contribution in [3.05, 3.63) is 34.0 Å². The quantitative estimate of drug-likeness (QED) is 0.842. The second-order valence-electron chi connectivity index (χ2n) is 5.83. The summed E-state index contributed by atoms with van der Waals surface area (Å²) in [5.41, 5.74) is 1.64. The summed E-state index contributed by atoms with van der Waals surface area (Å²) in [5.74, 6) is 0.0253. The lowest BCUT2D eigenvalue weighted by Crippen LogP contribution is -2.29. The minimum atomic E-state index is 0.0253. The summed E-state index contributed by atoms with van der Waals surface area (Å²) in [6.45, 7) is 4.17. The maximum Gasteiger partial charge on any atom is 0.257 e. The molecule has 1 amide bonds. The summed E-state index contributed by atoms with van der Waals surface area (Å²) >= 11 is 1.62. The lowest BCUT2D eigenvalue weighted by Gasteiger charge is -2.24. The van der Waals surface area contributed by atoms with Gasteiger partial charge in [0.1, 0.15) is 0 Å². The molecule has 0 radical (unpaired) electrons. The third-order valence-electron chi connectivity index (χ3n) is 4.30. The van der Waals surface area contributed by atoms with Gasteiger partial charge in [-0.25, -0.2) is 4.98 Å². The van der Waals surface area contributed by atoms with E-state index in [4.69, 9.17) is 4.74 Å². The Kier molecular flexibility index (Phi) is 5.07. The van der Waals surface area contributed by atoms with E-state index in [1.165, 1.54) is 0 Å². The van der Waals surface area contributed by atoms with Gasteiger partial charge in [0.25, 0.3) is 5.91 Å². The number of likely N-dealkylation sites (N-methyl/N-ethyl adjacent to an activating group) is 1. The molecule has 1 fully saturated rings. The van der Waals surface area contributed by atoms with Crippen molar-refractivity contribution in [1.29, 1.82) is 0 Å². The molecule has 23 heavy (non-hydrogen) atoms. The third-order valence-corrected chi connectivity index (χ3v) is 5.14. The van der Waals surface area contributed by atoms with Crippen LogP contribution in [-0.2, 0) is 11.2 Å². The van der Waals surface area contributed by atoms with Crippen molar-refractivity contribution in [3.8, 4) is 0 Å². The van der Waals surface area contributed by atoms with Crippen molar-refractivity contribution in [2.24, 2.45) is 0 Å². The SMILES string of the molecule is Cc1c(C(=O)N(C)CCc2nccs2)cnn1C1CCOCC1. The lowest BCUT2D eigenvalue weighted by atomic mass is 10.1. The molecule has 0 atom stereocenters. The monoisotopic (exact) mass is 334 g/mol.